The molecule has 0 radical (unpaired) electrons. The zero-order chi connectivity index (χ0) is 15.7. The van der Waals surface area contributed by atoms with Crippen molar-refractivity contribution < 1.29 is 9.18 Å². The van der Waals surface area contributed by atoms with Gasteiger partial charge in [-0.1, -0.05) is 6.07 Å². The van der Waals surface area contributed by atoms with Crippen LogP contribution in [0.1, 0.15) is 21.7 Å². The van der Waals surface area contributed by atoms with Crippen LogP contribution in [0.25, 0.3) is 5.82 Å². The van der Waals surface area contributed by atoms with E-state index in [0.29, 0.717) is 17.9 Å². The predicted octanol–water partition coefficient (Wildman–Crippen LogP) is 0.830. The number of aromatic nitrogens is 5. The van der Waals surface area contributed by atoms with E-state index in [1.165, 1.54) is 15.6 Å². The Hall–Kier alpha value is -3.03. The summed E-state index contributed by atoms with van der Waals surface area (Å²) in [5.74, 6) is -0.416. The maximum atomic E-state index is 12.9. The minimum Gasteiger partial charge on any atom is -0.364 e. The Balaban J connectivity index is 1.79. The summed E-state index contributed by atoms with van der Waals surface area (Å²) in [5, 5.41) is 8.08. The molecular formula is C14H13FN6O. The van der Waals surface area contributed by atoms with Gasteiger partial charge in [0, 0.05) is 19.7 Å². The second-order valence-electron chi connectivity index (χ2n) is 4.81. The maximum absolute atomic E-state index is 12.9. The summed E-state index contributed by atoms with van der Waals surface area (Å²) in [4.78, 5) is 15.4. The summed E-state index contributed by atoms with van der Waals surface area (Å²) < 4.78 is 15.7. The number of carbonyl (C=O) groups excluding carboxylic acids is 1. The average Bonchev–Trinajstić information content (AvgIpc) is 3.06. The van der Waals surface area contributed by atoms with Crippen molar-refractivity contribution in [2.24, 2.45) is 12.8 Å². The van der Waals surface area contributed by atoms with Crippen LogP contribution in [0.3, 0.4) is 0 Å². The van der Waals surface area contributed by atoms with Gasteiger partial charge in [0.1, 0.15) is 5.69 Å². The van der Waals surface area contributed by atoms with Crippen molar-refractivity contribution in [3.63, 3.8) is 0 Å². The predicted molar refractivity (Wildman–Crippen MR) is 75.8 cm³/mol. The van der Waals surface area contributed by atoms with Crippen molar-refractivity contribution in [1.82, 2.24) is 24.5 Å². The third kappa shape index (κ3) is 2.71. The zero-order valence-corrected chi connectivity index (χ0v) is 11.8. The molecule has 3 aromatic heterocycles. The molecule has 3 rings (SSSR count). The van der Waals surface area contributed by atoms with E-state index >= 15 is 0 Å². The van der Waals surface area contributed by atoms with E-state index in [4.69, 9.17) is 5.73 Å². The van der Waals surface area contributed by atoms with Crippen LogP contribution in [0, 0.1) is 5.82 Å². The normalized spacial score (nSPS) is 10.8. The van der Waals surface area contributed by atoms with E-state index in [9.17, 15) is 9.18 Å². The van der Waals surface area contributed by atoms with Crippen LogP contribution in [0.4, 0.5) is 4.39 Å². The van der Waals surface area contributed by atoms with Gasteiger partial charge in [0.2, 0.25) is 0 Å². The van der Waals surface area contributed by atoms with Gasteiger partial charge in [-0.2, -0.15) is 10.2 Å². The number of primary amides is 1. The first kappa shape index (κ1) is 13.9. The van der Waals surface area contributed by atoms with Crippen molar-refractivity contribution in [1.29, 1.82) is 0 Å². The van der Waals surface area contributed by atoms with Gasteiger partial charge in [0.15, 0.2) is 11.6 Å². The summed E-state index contributed by atoms with van der Waals surface area (Å²) in [6, 6.07) is 5.24. The summed E-state index contributed by atoms with van der Waals surface area (Å²) in [6.07, 6.45) is 4.55. The average molecular weight is 300 g/mol. The second kappa shape index (κ2) is 5.40. The number of hydrogen-bond acceptors (Lipinski definition) is 4. The van der Waals surface area contributed by atoms with Crippen molar-refractivity contribution in [3.8, 4) is 5.82 Å². The molecule has 0 bridgehead atoms. The van der Waals surface area contributed by atoms with E-state index < -0.39 is 11.7 Å². The smallest absolute Gasteiger partial charge is 0.266 e. The van der Waals surface area contributed by atoms with Gasteiger partial charge in [-0.3, -0.25) is 9.48 Å². The Bertz CT molecular complexity index is 820. The number of carbonyl (C=O) groups is 1. The van der Waals surface area contributed by atoms with Crippen molar-refractivity contribution >= 4 is 5.91 Å². The topological polar surface area (TPSA) is 91.6 Å². The van der Waals surface area contributed by atoms with Gasteiger partial charge < -0.3 is 5.73 Å². The molecule has 7 nitrogen and oxygen atoms in total. The first-order chi connectivity index (χ1) is 10.5. The molecule has 2 N–H and O–H groups in total. The quantitative estimate of drug-likeness (QED) is 0.772. The number of halogens is 1. The highest BCUT2D eigenvalue weighted by Crippen LogP contribution is 2.11. The number of pyridine rings is 1. The molecule has 1 amide bonds. The fraction of sp³-hybridized carbons (Fsp3) is 0.143. The van der Waals surface area contributed by atoms with Gasteiger partial charge in [-0.05, 0) is 17.7 Å². The monoisotopic (exact) mass is 300 g/mol. The molecule has 0 aliphatic rings. The molecule has 8 heteroatoms. The van der Waals surface area contributed by atoms with Gasteiger partial charge in [-0.25, -0.2) is 14.1 Å². The van der Waals surface area contributed by atoms with Crippen LogP contribution in [-0.4, -0.2) is 30.5 Å². The lowest BCUT2D eigenvalue weighted by Gasteiger charge is -2.02. The molecule has 0 aliphatic carbocycles. The van der Waals surface area contributed by atoms with Crippen LogP contribution in [0.5, 0.6) is 0 Å². The van der Waals surface area contributed by atoms with E-state index in [0.717, 1.165) is 17.5 Å². The minimum atomic E-state index is -0.518. The molecule has 0 aliphatic heterocycles. The Morgan fingerprint density at radius 3 is 2.73 bits per heavy atom. The van der Waals surface area contributed by atoms with Gasteiger partial charge in [0.25, 0.3) is 5.91 Å². The van der Waals surface area contributed by atoms with E-state index in [2.05, 4.69) is 15.2 Å². The van der Waals surface area contributed by atoms with E-state index in [-0.39, 0.29) is 0 Å². The van der Waals surface area contributed by atoms with Crippen LogP contribution >= 0.6 is 0 Å². The second-order valence-corrected chi connectivity index (χ2v) is 4.81. The fourth-order valence-electron chi connectivity index (χ4n) is 2.14. The molecule has 22 heavy (non-hydrogen) atoms. The lowest BCUT2D eigenvalue weighted by atomic mass is 10.1. The number of rotatable bonds is 4. The Kier molecular flexibility index (Phi) is 3.42. The molecule has 112 valence electrons. The third-order valence-electron chi connectivity index (χ3n) is 3.16. The van der Waals surface area contributed by atoms with Gasteiger partial charge in [-0.15, -0.1) is 0 Å². The van der Waals surface area contributed by atoms with Crippen LogP contribution < -0.4 is 5.73 Å². The summed E-state index contributed by atoms with van der Waals surface area (Å²) in [6.45, 7) is 0. The molecule has 0 saturated carbocycles. The highest BCUT2D eigenvalue weighted by atomic mass is 19.1. The lowest BCUT2D eigenvalue weighted by molar-refractivity contribution is 0.0991. The Labute approximate surface area is 125 Å². The molecule has 0 atom stereocenters. The number of amides is 1. The molecule has 0 spiro atoms. The summed E-state index contributed by atoms with van der Waals surface area (Å²) in [7, 11) is 1.66. The Morgan fingerprint density at radius 1 is 1.36 bits per heavy atom. The number of hydrogen-bond donors (Lipinski definition) is 1. The van der Waals surface area contributed by atoms with Crippen LogP contribution in [0.2, 0.25) is 0 Å². The van der Waals surface area contributed by atoms with E-state index in [1.54, 1.807) is 25.4 Å². The summed E-state index contributed by atoms with van der Waals surface area (Å²) in [5.41, 5.74) is 7.23. The van der Waals surface area contributed by atoms with Gasteiger partial charge in [0.05, 0.1) is 18.1 Å². The van der Waals surface area contributed by atoms with Crippen molar-refractivity contribution in [3.05, 3.63) is 59.6 Å². The molecule has 0 saturated heterocycles. The van der Waals surface area contributed by atoms with Crippen LogP contribution in [-0.2, 0) is 13.5 Å². The van der Waals surface area contributed by atoms with Crippen molar-refractivity contribution in [2.45, 2.75) is 6.42 Å². The SMILES string of the molecule is Cn1nc(Cc2ccc(-n3cc(F)cn3)nc2)cc1C(N)=O. The summed E-state index contributed by atoms with van der Waals surface area (Å²) >= 11 is 0. The maximum Gasteiger partial charge on any atom is 0.266 e. The zero-order valence-electron chi connectivity index (χ0n) is 11.8. The minimum absolute atomic E-state index is 0.353. The Morgan fingerprint density at radius 2 is 2.18 bits per heavy atom. The molecule has 3 heterocycles. The fourth-order valence-corrected chi connectivity index (χ4v) is 2.14. The largest absolute Gasteiger partial charge is 0.364 e. The molecule has 0 unspecified atom stereocenters. The first-order valence-corrected chi connectivity index (χ1v) is 6.51. The highest BCUT2D eigenvalue weighted by Gasteiger charge is 2.10. The van der Waals surface area contributed by atoms with Crippen molar-refractivity contribution in [2.75, 3.05) is 0 Å². The number of nitrogens with two attached hydrogens (primary N) is 1. The standard InChI is InChI=1S/C14H13FN6O/c1-20-12(14(16)22)5-11(19-20)4-9-2-3-13(17-6-9)21-8-10(15)7-18-21/h2-3,5-8H,4H2,1H3,(H2,16,22). The molecule has 3 aromatic rings. The van der Waals surface area contributed by atoms with E-state index in [1.807, 2.05) is 6.07 Å². The highest BCUT2D eigenvalue weighted by molar-refractivity contribution is 5.91. The molecule has 0 fully saturated rings. The third-order valence-corrected chi connectivity index (χ3v) is 3.16. The number of nitrogens with zero attached hydrogens (tertiary/aromatic N) is 5. The first-order valence-electron chi connectivity index (χ1n) is 6.51. The number of aryl methyl sites for hydroxylation is 1. The molecule has 0 aromatic carbocycles. The van der Waals surface area contributed by atoms with Gasteiger partial charge >= 0.3 is 0 Å². The molecular weight excluding hydrogens is 287 g/mol. The lowest BCUT2D eigenvalue weighted by Crippen LogP contribution is -2.15. The van der Waals surface area contributed by atoms with Crippen LogP contribution in [0.15, 0.2) is 36.8 Å².